The lowest BCUT2D eigenvalue weighted by Crippen LogP contribution is -2.13. The van der Waals surface area contributed by atoms with Gasteiger partial charge in [0.25, 0.3) is 0 Å². The number of amides is 2. The highest BCUT2D eigenvalue weighted by Crippen LogP contribution is 2.21. The molecule has 0 spiro atoms. The van der Waals surface area contributed by atoms with Crippen molar-refractivity contribution in [2.24, 2.45) is 0 Å². The summed E-state index contributed by atoms with van der Waals surface area (Å²) in [5, 5.41) is 14.2. The summed E-state index contributed by atoms with van der Waals surface area (Å²) in [7, 11) is 0. The lowest BCUT2D eigenvalue weighted by atomic mass is 10.2. The van der Waals surface area contributed by atoms with E-state index < -0.39 is 11.9 Å². The summed E-state index contributed by atoms with van der Waals surface area (Å²) in [5.41, 5.74) is 1.25. The van der Waals surface area contributed by atoms with Crippen LogP contribution in [0.4, 0.5) is 11.4 Å². The minimum absolute atomic E-state index is 0.0428. The molecule has 2 aromatic rings. The Morgan fingerprint density at radius 2 is 1.56 bits per heavy atom. The minimum Gasteiger partial charge on any atom is -0.478 e. The number of carbonyl (C=O) groups excluding carboxylic acids is 2. The van der Waals surface area contributed by atoms with Crippen molar-refractivity contribution >= 4 is 63.5 Å². The number of halogens is 1. The third-order valence-corrected chi connectivity index (χ3v) is 5.04. The Morgan fingerprint density at radius 3 is 2.15 bits per heavy atom. The van der Waals surface area contributed by atoms with Gasteiger partial charge in [0, 0.05) is 31.5 Å². The number of aliphatic carboxylic acids is 1. The van der Waals surface area contributed by atoms with Gasteiger partial charge in [-0.05, 0) is 78.0 Å². The van der Waals surface area contributed by atoms with Gasteiger partial charge in [0.05, 0.1) is 5.75 Å². The molecule has 0 radical (unpaired) electrons. The number of rotatable bonds is 7. The van der Waals surface area contributed by atoms with Crippen LogP contribution < -0.4 is 10.6 Å². The number of anilines is 2. The third kappa shape index (κ3) is 7.43. The van der Waals surface area contributed by atoms with Gasteiger partial charge >= 0.3 is 5.97 Å². The van der Waals surface area contributed by atoms with Gasteiger partial charge in [-0.1, -0.05) is 0 Å². The van der Waals surface area contributed by atoms with Crippen molar-refractivity contribution in [2.45, 2.75) is 11.8 Å². The van der Waals surface area contributed by atoms with Crippen LogP contribution in [0.2, 0.25) is 0 Å². The maximum absolute atomic E-state index is 12.0. The Morgan fingerprint density at radius 1 is 1.00 bits per heavy atom. The van der Waals surface area contributed by atoms with Gasteiger partial charge in [-0.25, -0.2) is 4.79 Å². The first kappa shape index (κ1) is 21.0. The van der Waals surface area contributed by atoms with E-state index in [9.17, 15) is 14.4 Å². The van der Waals surface area contributed by atoms with Crippen LogP contribution in [-0.4, -0.2) is 28.6 Å². The van der Waals surface area contributed by atoms with Gasteiger partial charge in [0.1, 0.15) is 0 Å². The zero-order chi connectivity index (χ0) is 19.8. The number of nitrogens with one attached hydrogen (secondary N) is 2. The van der Waals surface area contributed by atoms with Crippen LogP contribution in [0.3, 0.4) is 0 Å². The summed E-state index contributed by atoms with van der Waals surface area (Å²) in [6.45, 7) is 1.35. The standard InChI is InChI=1S/C19H17IN2O4S/c1-12(19(25)26)10-17(23)21-15-6-8-16(9-7-15)27-11-18(24)22-14-4-2-13(20)3-5-14/h2-10H,11H2,1H3,(H,21,23)(H,22,24)(H,25,26)/b12-10-. The molecule has 0 unspecified atom stereocenters. The molecular weight excluding hydrogens is 479 g/mol. The average molecular weight is 496 g/mol. The molecule has 27 heavy (non-hydrogen) atoms. The Hall–Kier alpha value is -2.33. The fourth-order valence-corrected chi connectivity index (χ4v) is 3.01. The normalized spacial score (nSPS) is 11.0. The SMILES string of the molecule is C/C(=C/C(=O)Nc1ccc(SCC(=O)Nc2ccc(I)cc2)cc1)C(=O)O. The first-order valence-electron chi connectivity index (χ1n) is 7.84. The van der Waals surface area contributed by atoms with Gasteiger partial charge in [0.2, 0.25) is 11.8 Å². The van der Waals surface area contributed by atoms with E-state index in [0.29, 0.717) is 5.69 Å². The van der Waals surface area contributed by atoms with Gasteiger partial charge in [-0.3, -0.25) is 9.59 Å². The fraction of sp³-hybridized carbons (Fsp3) is 0.105. The summed E-state index contributed by atoms with van der Waals surface area (Å²) in [6.07, 6.45) is 1.03. The van der Waals surface area contributed by atoms with Gasteiger partial charge in [0.15, 0.2) is 0 Å². The topological polar surface area (TPSA) is 95.5 Å². The van der Waals surface area contributed by atoms with E-state index in [1.54, 1.807) is 24.3 Å². The molecule has 0 fully saturated rings. The third-order valence-electron chi connectivity index (χ3n) is 3.30. The summed E-state index contributed by atoms with van der Waals surface area (Å²) in [5.74, 6) is -1.49. The fourth-order valence-electron chi connectivity index (χ4n) is 1.95. The quantitative estimate of drug-likeness (QED) is 0.306. The van der Waals surface area contributed by atoms with E-state index >= 15 is 0 Å². The Balaban J connectivity index is 1.83. The molecule has 0 atom stereocenters. The maximum Gasteiger partial charge on any atom is 0.331 e. The van der Waals surface area contributed by atoms with Crippen LogP contribution in [0.15, 0.2) is 65.1 Å². The second-order valence-electron chi connectivity index (χ2n) is 5.49. The molecule has 8 heteroatoms. The van der Waals surface area contributed by atoms with Gasteiger partial charge in [-0.2, -0.15) is 0 Å². The maximum atomic E-state index is 12.0. The van der Waals surface area contributed by atoms with Crippen LogP contribution in [-0.2, 0) is 14.4 Å². The molecule has 140 valence electrons. The molecular formula is C19H17IN2O4S. The second kappa shape index (κ2) is 10.1. The van der Waals surface area contributed by atoms with Crippen molar-refractivity contribution in [3.8, 4) is 0 Å². The number of carboxylic acids is 1. The number of benzene rings is 2. The highest BCUT2D eigenvalue weighted by atomic mass is 127. The van der Waals surface area contributed by atoms with Crippen LogP contribution in [0, 0.1) is 3.57 Å². The van der Waals surface area contributed by atoms with Gasteiger partial charge in [-0.15, -0.1) is 11.8 Å². The van der Waals surface area contributed by atoms with Crippen molar-refractivity contribution < 1.29 is 19.5 Å². The summed E-state index contributed by atoms with van der Waals surface area (Å²) in [6, 6.07) is 14.5. The summed E-state index contributed by atoms with van der Waals surface area (Å²) < 4.78 is 1.10. The monoisotopic (exact) mass is 496 g/mol. The first-order chi connectivity index (χ1) is 12.8. The molecule has 0 saturated heterocycles. The van der Waals surface area contributed by atoms with Crippen LogP contribution in [0.1, 0.15) is 6.92 Å². The largest absolute Gasteiger partial charge is 0.478 e. The van der Waals surface area contributed by atoms with Crippen LogP contribution in [0.5, 0.6) is 0 Å². The van der Waals surface area contributed by atoms with Crippen molar-refractivity contribution in [1.29, 1.82) is 0 Å². The molecule has 2 amide bonds. The zero-order valence-corrected chi connectivity index (χ0v) is 17.3. The average Bonchev–Trinajstić information content (AvgIpc) is 2.63. The highest BCUT2D eigenvalue weighted by Gasteiger charge is 2.06. The van der Waals surface area contributed by atoms with E-state index in [-0.39, 0.29) is 17.2 Å². The predicted octanol–water partition coefficient (Wildman–Crippen LogP) is 3.99. The van der Waals surface area contributed by atoms with Crippen molar-refractivity contribution in [3.05, 3.63) is 63.8 Å². The first-order valence-corrected chi connectivity index (χ1v) is 9.91. The summed E-state index contributed by atoms with van der Waals surface area (Å²) in [4.78, 5) is 35.3. The molecule has 0 aliphatic heterocycles. The van der Waals surface area contributed by atoms with E-state index in [0.717, 1.165) is 20.2 Å². The van der Waals surface area contributed by atoms with E-state index in [4.69, 9.17) is 5.11 Å². The number of carbonyl (C=O) groups is 3. The van der Waals surface area contributed by atoms with E-state index in [1.165, 1.54) is 18.7 Å². The molecule has 0 aliphatic rings. The predicted molar refractivity (Wildman–Crippen MR) is 115 cm³/mol. The lowest BCUT2D eigenvalue weighted by molar-refractivity contribution is -0.132. The second-order valence-corrected chi connectivity index (χ2v) is 7.78. The minimum atomic E-state index is -1.14. The molecule has 6 nitrogen and oxygen atoms in total. The van der Waals surface area contributed by atoms with Crippen molar-refractivity contribution in [2.75, 3.05) is 16.4 Å². The highest BCUT2D eigenvalue weighted by molar-refractivity contribution is 14.1. The Kier molecular flexibility index (Phi) is 7.86. The van der Waals surface area contributed by atoms with Gasteiger partial charge < -0.3 is 15.7 Å². The zero-order valence-electron chi connectivity index (χ0n) is 14.4. The number of carboxylic acid groups (broad SMARTS) is 1. The van der Waals surface area contributed by atoms with E-state index in [2.05, 4.69) is 33.2 Å². The van der Waals surface area contributed by atoms with E-state index in [1.807, 2.05) is 24.3 Å². The number of thioether (sulfide) groups is 1. The molecule has 2 rings (SSSR count). The van der Waals surface area contributed by atoms with Crippen molar-refractivity contribution in [3.63, 3.8) is 0 Å². The van der Waals surface area contributed by atoms with Crippen molar-refractivity contribution in [1.82, 2.24) is 0 Å². The lowest BCUT2D eigenvalue weighted by Gasteiger charge is -2.07. The molecule has 0 heterocycles. The van der Waals surface area contributed by atoms with Crippen LogP contribution in [0.25, 0.3) is 0 Å². The molecule has 3 N–H and O–H groups in total. The molecule has 0 aliphatic carbocycles. The molecule has 2 aromatic carbocycles. The Bertz CT molecular complexity index is 864. The Labute approximate surface area is 174 Å². The number of hydrogen-bond acceptors (Lipinski definition) is 4. The smallest absolute Gasteiger partial charge is 0.331 e. The molecule has 0 aromatic heterocycles. The molecule has 0 saturated carbocycles. The molecule has 0 bridgehead atoms. The summed E-state index contributed by atoms with van der Waals surface area (Å²) >= 11 is 3.58. The van der Waals surface area contributed by atoms with Crippen LogP contribution >= 0.6 is 34.4 Å². The number of hydrogen-bond donors (Lipinski definition) is 3.